The molecule has 1 aliphatic rings. The number of hydrogen-bond acceptors (Lipinski definition) is 6. The van der Waals surface area contributed by atoms with Crippen LogP contribution in [-0.4, -0.2) is 43.2 Å². The van der Waals surface area contributed by atoms with Gasteiger partial charge in [0.1, 0.15) is 24.1 Å². The lowest BCUT2D eigenvalue weighted by molar-refractivity contribution is -0.0396. The van der Waals surface area contributed by atoms with E-state index in [1.54, 1.807) is 11.9 Å². The predicted molar refractivity (Wildman–Crippen MR) is 75.5 cm³/mol. The van der Waals surface area contributed by atoms with Crippen LogP contribution in [0.5, 0.6) is 0 Å². The van der Waals surface area contributed by atoms with E-state index in [2.05, 4.69) is 0 Å². The van der Waals surface area contributed by atoms with Gasteiger partial charge in [-0.3, -0.25) is 14.3 Å². The van der Waals surface area contributed by atoms with Crippen molar-refractivity contribution >= 4 is 12.4 Å². The Morgan fingerprint density at radius 3 is 2.68 bits per heavy atom. The van der Waals surface area contributed by atoms with Crippen LogP contribution in [0.4, 0.5) is 4.39 Å². The molecule has 1 saturated heterocycles. The van der Waals surface area contributed by atoms with E-state index in [-0.39, 0.29) is 18.2 Å². The first-order valence-corrected chi connectivity index (χ1v) is 6.28. The summed E-state index contributed by atoms with van der Waals surface area (Å²) in [5.41, 5.74) is -2.20. The number of rotatable bonds is 3. The number of aliphatic hydroxyl groups is 3. The molecule has 2 rings (SSSR count). The lowest BCUT2D eigenvalue weighted by Gasteiger charge is -2.16. The fourth-order valence-corrected chi connectivity index (χ4v) is 2.11. The van der Waals surface area contributed by atoms with Crippen molar-refractivity contribution in [3.8, 4) is 0 Å². The van der Waals surface area contributed by atoms with E-state index < -0.39 is 41.6 Å². The molecule has 2 heterocycles. The Morgan fingerprint density at radius 1 is 1.45 bits per heavy atom. The second-order valence-corrected chi connectivity index (χ2v) is 4.61. The minimum absolute atomic E-state index is 0. The predicted octanol–water partition coefficient (Wildman–Crippen LogP) is -0.431. The summed E-state index contributed by atoms with van der Waals surface area (Å²) in [5.74, 6) is -1.54. The summed E-state index contributed by atoms with van der Waals surface area (Å²) in [6.07, 6.45) is -3.34. The van der Waals surface area contributed by atoms with Crippen molar-refractivity contribution < 1.29 is 24.4 Å². The molecular weight excluding hydrogens is 323 g/mol. The Balaban J connectivity index is 0.00000242. The molecule has 0 aliphatic carbocycles. The van der Waals surface area contributed by atoms with Crippen LogP contribution in [0.25, 0.3) is 0 Å². The number of hydrogen-bond donors (Lipinski definition) is 4. The van der Waals surface area contributed by atoms with E-state index in [9.17, 15) is 29.3 Å². The molecule has 1 aromatic rings. The molecule has 0 spiro atoms. The van der Waals surface area contributed by atoms with Gasteiger partial charge in [0.25, 0.3) is 5.56 Å². The SMILES string of the molecule is CC/C=C(/O)[C@H]1O[C@@H](n2cc(F)c(=O)[nH]c2=O)[C@H](O)[C@@H]1O.Cl. The molecule has 124 valence electrons. The molecule has 1 aliphatic heterocycles. The van der Waals surface area contributed by atoms with Gasteiger partial charge in [0.15, 0.2) is 6.23 Å². The van der Waals surface area contributed by atoms with Crippen molar-refractivity contribution in [2.24, 2.45) is 0 Å². The first-order chi connectivity index (χ1) is 9.86. The van der Waals surface area contributed by atoms with Gasteiger partial charge in [-0.05, 0) is 12.5 Å². The number of aromatic amines is 1. The van der Waals surface area contributed by atoms with Crippen molar-refractivity contribution in [3.63, 3.8) is 0 Å². The highest BCUT2D eigenvalue weighted by molar-refractivity contribution is 5.85. The van der Waals surface area contributed by atoms with Crippen LogP contribution in [0.1, 0.15) is 19.6 Å². The summed E-state index contributed by atoms with van der Waals surface area (Å²) >= 11 is 0. The zero-order valence-electron chi connectivity index (χ0n) is 11.5. The van der Waals surface area contributed by atoms with Crippen LogP contribution >= 0.6 is 12.4 Å². The standard InChI is InChI=1S/C12H15FN2O6.ClH/c1-2-3-6(16)9-7(17)8(18)11(21-9)15-4-5(13)10(19)14-12(15)20;/h3-4,7-9,11,16-18H,2H2,1H3,(H,14,19,20);1H/b6-3+;/t7-,8+,9+,11+;/m0./s1. The van der Waals surface area contributed by atoms with Crippen LogP contribution in [-0.2, 0) is 4.74 Å². The number of aliphatic hydroxyl groups excluding tert-OH is 3. The summed E-state index contributed by atoms with van der Waals surface area (Å²) < 4.78 is 19.1. The largest absolute Gasteiger partial charge is 0.510 e. The fourth-order valence-electron chi connectivity index (χ4n) is 2.11. The van der Waals surface area contributed by atoms with E-state index in [1.807, 2.05) is 0 Å². The minimum Gasteiger partial charge on any atom is -0.510 e. The van der Waals surface area contributed by atoms with Gasteiger partial charge >= 0.3 is 5.69 Å². The first-order valence-electron chi connectivity index (χ1n) is 6.28. The van der Waals surface area contributed by atoms with Gasteiger partial charge in [-0.1, -0.05) is 6.92 Å². The minimum atomic E-state index is -1.58. The molecule has 8 nitrogen and oxygen atoms in total. The van der Waals surface area contributed by atoms with Crippen molar-refractivity contribution in [3.05, 3.63) is 44.7 Å². The Labute approximate surface area is 129 Å². The molecule has 1 fully saturated rings. The summed E-state index contributed by atoms with van der Waals surface area (Å²) in [7, 11) is 0. The van der Waals surface area contributed by atoms with Gasteiger partial charge in [-0.15, -0.1) is 12.4 Å². The van der Waals surface area contributed by atoms with Gasteiger partial charge in [0.2, 0.25) is 5.82 Å². The molecule has 1 aromatic heterocycles. The maximum Gasteiger partial charge on any atom is 0.330 e. The molecule has 0 unspecified atom stereocenters. The average molecular weight is 339 g/mol. The molecule has 0 radical (unpaired) electrons. The third-order valence-electron chi connectivity index (χ3n) is 3.14. The van der Waals surface area contributed by atoms with E-state index in [0.29, 0.717) is 17.2 Å². The zero-order valence-corrected chi connectivity index (χ0v) is 12.3. The number of allylic oxidation sites excluding steroid dienone is 1. The summed E-state index contributed by atoms with van der Waals surface area (Å²) in [6.45, 7) is 1.74. The van der Waals surface area contributed by atoms with Crippen molar-refractivity contribution in [1.29, 1.82) is 0 Å². The van der Waals surface area contributed by atoms with Crippen LogP contribution < -0.4 is 11.2 Å². The topological polar surface area (TPSA) is 125 Å². The lowest BCUT2D eigenvalue weighted by Crippen LogP contribution is -2.38. The number of ether oxygens (including phenoxy) is 1. The zero-order chi connectivity index (χ0) is 15.7. The number of aromatic nitrogens is 2. The van der Waals surface area contributed by atoms with E-state index >= 15 is 0 Å². The van der Waals surface area contributed by atoms with Crippen molar-refractivity contribution in [2.45, 2.75) is 37.9 Å². The highest BCUT2D eigenvalue weighted by atomic mass is 35.5. The number of nitrogens with zero attached hydrogens (tertiary/aromatic N) is 1. The van der Waals surface area contributed by atoms with Gasteiger partial charge < -0.3 is 20.1 Å². The van der Waals surface area contributed by atoms with Crippen LogP contribution in [0.3, 0.4) is 0 Å². The van der Waals surface area contributed by atoms with E-state index in [0.717, 1.165) is 0 Å². The quantitative estimate of drug-likeness (QED) is 0.554. The fraction of sp³-hybridized carbons (Fsp3) is 0.500. The first kappa shape index (κ1) is 18.4. The van der Waals surface area contributed by atoms with Gasteiger partial charge in [-0.25, -0.2) is 4.79 Å². The van der Waals surface area contributed by atoms with Crippen molar-refractivity contribution in [2.75, 3.05) is 0 Å². The van der Waals surface area contributed by atoms with Crippen LogP contribution in [0, 0.1) is 5.82 Å². The maximum atomic E-state index is 13.2. The molecule has 4 atom stereocenters. The van der Waals surface area contributed by atoms with Gasteiger partial charge in [-0.2, -0.15) is 4.39 Å². The normalized spacial score (nSPS) is 28.5. The molecule has 4 N–H and O–H groups in total. The van der Waals surface area contributed by atoms with E-state index in [4.69, 9.17) is 4.74 Å². The van der Waals surface area contributed by atoms with E-state index in [1.165, 1.54) is 6.08 Å². The molecular formula is C12H16ClFN2O6. The second kappa shape index (κ2) is 7.05. The molecule has 22 heavy (non-hydrogen) atoms. The number of H-pyrrole nitrogens is 1. The lowest BCUT2D eigenvalue weighted by atomic mass is 10.1. The molecule has 0 amide bonds. The maximum absolute atomic E-state index is 13.2. The Bertz CT molecular complexity index is 672. The molecule has 0 bridgehead atoms. The summed E-state index contributed by atoms with van der Waals surface area (Å²) in [6, 6.07) is 0. The molecule has 0 saturated carbocycles. The highest BCUT2D eigenvalue weighted by Crippen LogP contribution is 2.31. The van der Waals surface area contributed by atoms with Crippen molar-refractivity contribution in [1.82, 2.24) is 9.55 Å². The third-order valence-corrected chi connectivity index (χ3v) is 3.14. The third kappa shape index (κ3) is 3.22. The van der Waals surface area contributed by atoms with Crippen LogP contribution in [0.15, 0.2) is 27.6 Å². The smallest absolute Gasteiger partial charge is 0.330 e. The number of halogens is 2. The Hall–Kier alpha value is -1.68. The van der Waals surface area contributed by atoms with Gasteiger partial charge in [0.05, 0.1) is 6.20 Å². The molecule has 10 heteroatoms. The Morgan fingerprint density at radius 2 is 2.09 bits per heavy atom. The van der Waals surface area contributed by atoms with Crippen LogP contribution in [0.2, 0.25) is 0 Å². The summed E-state index contributed by atoms with van der Waals surface area (Å²) in [5, 5.41) is 29.5. The highest BCUT2D eigenvalue weighted by Gasteiger charge is 2.46. The van der Waals surface area contributed by atoms with Gasteiger partial charge in [0, 0.05) is 0 Å². The second-order valence-electron chi connectivity index (χ2n) is 4.61. The Kier molecular flexibility index (Phi) is 5.89. The average Bonchev–Trinajstić information content (AvgIpc) is 2.71. The summed E-state index contributed by atoms with van der Waals surface area (Å²) in [4.78, 5) is 24.3. The molecule has 0 aromatic carbocycles. The monoisotopic (exact) mass is 338 g/mol. The number of nitrogens with one attached hydrogen (secondary N) is 1.